The van der Waals surface area contributed by atoms with Gasteiger partial charge in [-0.3, -0.25) is 0 Å². The highest BCUT2D eigenvalue weighted by Crippen LogP contribution is 2.03. The largest absolute Gasteiger partial charge is 0.396 e. The third kappa shape index (κ3) is 3.70. The van der Waals surface area contributed by atoms with E-state index in [1.54, 1.807) is 12.4 Å². The lowest BCUT2D eigenvalue weighted by Gasteiger charge is -2.10. The van der Waals surface area contributed by atoms with E-state index < -0.39 is 0 Å². The van der Waals surface area contributed by atoms with Crippen LogP contribution in [0.4, 0.5) is 5.95 Å². The summed E-state index contributed by atoms with van der Waals surface area (Å²) < 4.78 is 0. The molecule has 0 aromatic carbocycles. The molecule has 14 heavy (non-hydrogen) atoms. The smallest absolute Gasteiger partial charge is 0.222 e. The van der Waals surface area contributed by atoms with Gasteiger partial charge in [-0.25, -0.2) is 9.97 Å². The van der Waals surface area contributed by atoms with Crippen molar-refractivity contribution in [1.82, 2.24) is 9.97 Å². The summed E-state index contributed by atoms with van der Waals surface area (Å²) in [5.74, 6) is 1.09. The summed E-state index contributed by atoms with van der Waals surface area (Å²) in [5.41, 5.74) is 1.05. The van der Waals surface area contributed by atoms with E-state index in [9.17, 15) is 0 Å². The summed E-state index contributed by atoms with van der Waals surface area (Å²) in [4.78, 5) is 8.25. The Morgan fingerprint density at radius 3 is 2.64 bits per heavy atom. The van der Waals surface area contributed by atoms with E-state index in [2.05, 4.69) is 22.2 Å². The summed E-state index contributed by atoms with van der Waals surface area (Å²) in [7, 11) is 0. The van der Waals surface area contributed by atoms with Gasteiger partial charge in [0, 0.05) is 25.5 Å². The number of hydrogen-bond donors (Lipinski definition) is 2. The minimum Gasteiger partial charge on any atom is -0.396 e. The van der Waals surface area contributed by atoms with Crippen molar-refractivity contribution in [1.29, 1.82) is 0 Å². The van der Waals surface area contributed by atoms with E-state index in [0.29, 0.717) is 11.9 Å². The zero-order chi connectivity index (χ0) is 10.4. The highest BCUT2D eigenvalue weighted by atomic mass is 16.3. The van der Waals surface area contributed by atoms with Crippen molar-refractivity contribution in [3.05, 3.63) is 18.0 Å². The molecule has 2 N–H and O–H groups in total. The first-order valence-corrected chi connectivity index (χ1v) is 4.85. The monoisotopic (exact) mass is 195 g/mol. The number of anilines is 1. The number of aryl methyl sites for hydroxylation is 1. The number of aliphatic hydroxyl groups is 1. The SMILES string of the molecule is Cc1cnc(NCC(C)CCO)nc1. The van der Waals surface area contributed by atoms with Crippen LogP contribution in [-0.4, -0.2) is 28.2 Å². The van der Waals surface area contributed by atoms with Crippen LogP contribution in [0.1, 0.15) is 18.9 Å². The molecule has 4 nitrogen and oxygen atoms in total. The van der Waals surface area contributed by atoms with Crippen molar-refractivity contribution >= 4 is 5.95 Å². The first kappa shape index (κ1) is 10.9. The number of aromatic nitrogens is 2. The van der Waals surface area contributed by atoms with Crippen molar-refractivity contribution in [2.24, 2.45) is 5.92 Å². The molecule has 1 unspecified atom stereocenters. The number of aliphatic hydroxyl groups excluding tert-OH is 1. The fourth-order valence-electron chi connectivity index (χ4n) is 1.07. The topological polar surface area (TPSA) is 58.0 Å². The van der Waals surface area contributed by atoms with Crippen molar-refractivity contribution in [2.75, 3.05) is 18.5 Å². The molecule has 1 heterocycles. The van der Waals surface area contributed by atoms with Gasteiger partial charge in [0.1, 0.15) is 0 Å². The van der Waals surface area contributed by atoms with E-state index >= 15 is 0 Å². The third-order valence-corrected chi connectivity index (χ3v) is 2.01. The molecular formula is C10H17N3O. The first-order valence-electron chi connectivity index (χ1n) is 4.85. The van der Waals surface area contributed by atoms with E-state index in [1.807, 2.05) is 6.92 Å². The summed E-state index contributed by atoms with van der Waals surface area (Å²) >= 11 is 0. The lowest BCUT2D eigenvalue weighted by atomic mass is 10.1. The highest BCUT2D eigenvalue weighted by molar-refractivity contribution is 5.24. The summed E-state index contributed by atoms with van der Waals surface area (Å²) in [5, 5.41) is 11.8. The normalized spacial score (nSPS) is 12.5. The maximum atomic E-state index is 8.71. The molecule has 0 saturated heterocycles. The second-order valence-corrected chi connectivity index (χ2v) is 3.58. The highest BCUT2D eigenvalue weighted by Gasteiger charge is 2.01. The van der Waals surface area contributed by atoms with Crippen LogP contribution in [0.25, 0.3) is 0 Å². The maximum absolute atomic E-state index is 8.71. The standard InChI is InChI=1S/C10H17N3O/c1-8(3-4-14)5-11-10-12-6-9(2)7-13-10/h6-8,14H,3-5H2,1-2H3,(H,11,12,13). The van der Waals surface area contributed by atoms with Gasteiger partial charge in [-0.15, -0.1) is 0 Å². The molecule has 1 atom stereocenters. The molecule has 0 aliphatic carbocycles. The van der Waals surface area contributed by atoms with Crippen LogP contribution in [0.2, 0.25) is 0 Å². The fourth-order valence-corrected chi connectivity index (χ4v) is 1.07. The van der Waals surface area contributed by atoms with Gasteiger partial charge >= 0.3 is 0 Å². The average molecular weight is 195 g/mol. The number of rotatable bonds is 5. The molecule has 4 heteroatoms. The van der Waals surface area contributed by atoms with Gasteiger partial charge in [-0.2, -0.15) is 0 Å². The van der Waals surface area contributed by atoms with Crippen LogP contribution in [0.15, 0.2) is 12.4 Å². The summed E-state index contributed by atoms with van der Waals surface area (Å²) in [6, 6.07) is 0. The van der Waals surface area contributed by atoms with Gasteiger partial charge in [-0.05, 0) is 24.8 Å². The second kappa shape index (κ2) is 5.54. The molecule has 0 spiro atoms. The molecule has 1 aromatic heterocycles. The minimum absolute atomic E-state index is 0.234. The Hall–Kier alpha value is -1.16. The van der Waals surface area contributed by atoms with Crippen LogP contribution in [0, 0.1) is 12.8 Å². The van der Waals surface area contributed by atoms with Crippen molar-refractivity contribution in [2.45, 2.75) is 20.3 Å². The van der Waals surface area contributed by atoms with Gasteiger partial charge in [0.15, 0.2) is 0 Å². The van der Waals surface area contributed by atoms with Gasteiger partial charge < -0.3 is 10.4 Å². The zero-order valence-corrected chi connectivity index (χ0v) is 8.70. The Balaban J connectivity index is 2.34. The first-order chi connectivity index (χ1) is 6.72. The van der Waals surface area contributed by atoms with Crippen LogP contribution in [0.3, 0.4) is 0 Å². The molecule has 0 bridgehead atoms. The van der Waals surface area contributed by atoms with E-state index in [0.717, 1.165) is 18.5 Å². The average Bonchev–Trinajstić information content (AvgIpc) is 2.17. The molecular weight excluding hydrogens is 178 g/mol. The van der Waals surface area contributed by atoms with E-state index in [4.69, 9.17) is 5.11 Å². The van der Waals surface area contributed by atoms with Crippen LogP contribution in [-0.2, 0) is 0 Å². The predicted octanol–water partition coefficient (Wildman–Crippen LogP) is 1.22. The van der Waals surface area contributed by atoms with Crippen LogP contribution >= 0.6 is 0 Å². The van der Waals surface area contributed by atoms with Crippen LogP contribution < -0.4 is 5.32 Å². The Morgan fingerprint density at radius 2 is 2.07 bits per heavy atom. The summed E-state index contributed by atoms with van der Waals surface area (Å²) in [6.07, 6.45) is 4.37. The van der Waals surface area contributed by atoms with Gasteiger partial charge in [0.25, 0.3) is 0 Å². The molecule has 0 amide bonds. The Morgan fingerprint density at radius 1 is 1.43 bits per heavy atom. The molecule has 1 aromatic rings. The summed E-state index contributed by atoms with van der Waals surface area (Å²) in [6.45, 7) is 5.07. The van der Waals surface area contributed by atoms with Crippen molar-refractivity contribution in [3.8, 4) is 0 Å². The molecule has 0 aliphatic heterocycles. The Bertz CT molecular complexity index is 261. The molecule has 78 valence electrons. The maximum Gasteiger partial charge on any atom is 0.222 e. The molecule has 0 fully saturated rings. The third-order valence-electron chi connectivity index (χ3n) is 2.01. The van der Waals surface area contributed by atoms with E-state index in [1.165, 1.54) is 0 Å². The number of nitrogens with one attached hydrogen (secondary N) is 1. The van der Waals surface area contributed by atoms with E-state index in [-0.39, 0.29) is 6.61 Å². The lowest BCUT2D eigenvalue weighted by molar-refractivity contribution is 0.265. The van der Waals surface area contributed by atoms with Crippen LogP contribution in [0.5, 0.6) is 0 Å². The minimum atomic E-state index is 0.234. The Labute approximate surface area is 84.4 Å². The quantitative estimate of drug-likeness (QED) is 0.741. The molecule has 0 aliphatic rings. The predicted molar refractivity (Wildman–Crippen MR) is 56.1 cm³/mol. The molecule has 0 radical (unpaired) electrons. The number of nitrogens with zero attached hydrogens (tertiary/aromatic N) is 2. The fraction of sp³-hybridized carbons (Fsp3) is 0.600. The zero-order valence-electron chi connectivity index (χ0n) is 8.70. The lowest BCUT2D eigenvalue weighted by Crippen LogP contribution is -2.14. The Kier molecular flexibility index (Phi) is 4.32. The molecule has 1 rings (SSSR count). The van der Waals surface area contributed by atoms with Gasteiger partial charge in [-0.1, -0.05) is 6.92 Å². The van der Waals surface area contributed by atoms with Gasteiger partial charge in [0.2, 0.25) is 5.95 Å². The van der Waals surface area contributed by atoms with Gasteiger partial charge in [0.05, 0.1) is 0 Å². The second-order valence-electron chi connectivity index (χ2n) is 3.58. The molecule has 0 saturated carbocycles. The van der Waals surface area contributed by atoms with Crippen molar-refractivity contribution in [3.63, 3.8) is 0 Å². The number of hydrogen-bond acceptors (Lipinski definition) is 4. The van der Waals surface area contributed by atoms with Crippen molar-refractivity contribution < 1.29 is 5.11 Å².